The van der Waals surface area contributed by atoms with Gasteiger partial charge in [0.1, 0.15) is 0 Å². The molecular formula is C13H19Br2N. The zero-order chi connectivity index (χ0) is 12.3. The molecule has 0 aliphatic heterocycles. The topological polar surface area (TPSA) is 12.0 Å². The van der Waals surface area contributed by atoms with E-state index in [1.807, 2.05) is 7.05 Å². The first-order valence-corrected chi connectivity index (χ1v) is 7.17. The maximum absolute atomic E-state index is 3.65. The van der Waals surface area contributed by atoms with Gasteiger partial charge in [-0.2, -0.15) is 0 Å². The molecule has 0 saturated heterocycles. The smallest absolute Gasteiger partial charge is 0.0331 e. The Bertz CT molecular complexity index is 361. The predicted molar refractivity (Wildman–Crippen MR) is 77.8 cm³/mol. The van der Waals surface area contributed by atoms with Crippen molar-refractivity contribution in [1.82, 2.24) is 5.32 Å². The van der Waals surface area contributed by atoms with Crippen LogP contribution in [0, 0.1) is 12.8 Å². The van der Waals surface area contributed by atoms with Gasteiger partial charge in [-0.15, -0.1) is 0 Å². The summed E-state index contributed by atoms with van der Waals surface area (Å²) < 4.78 is 2.36. The van der Waals surface area contributed by atoms with Crippen molar-refractivity contribution in [2.24, 2.45) is 5.92 Å². The Kier molecular flexibility index (Phi) is 5.48. The Morgan fingerprint density at radius 3 is 2.31 bits per heavy atom. The minimum absolute atomic E-state index is 0.409. The van der Waals surface area contributed by atoms with Crippen LogP contribution in [0.2, 0.25) is 0 Å². The van der Waals surface area contributed by atoms with Gasteiger partial charge in [0.25, 0.3) is 0 Å². The fraction of sp³-hybridized carbons (Fsp3) is 0.538. The van der Waals surface area contributed by atoms with Gasteiger partial charge in [-0.1, -0.05) is 45.7 Å². The zero-order valence-corrected chi connectivity index (χ0v) is 13.4. The molecule has 0 bridgehead atoms. The van der Waals surface area contributed by atoms with Gasteiger partial charge in [0.15, 0.2) is 0 Å². The van der Waals surface area contributed by atoms with Gasteiger partial charge < -0.3 is 5.32 Å². The van der Waals surface area contributed by atoms with Gasteiger partial charge in [0.2, 0.25) is 0 Å². The number of hydrogen-bond acceptors (Lipinski definition) is 1. The Morgan fingerprint density at radius 2 is 1.81 bits per heavy atom. The van der Waals surface area contributed by atoms with E-state index in [1.54, 1.807) is 0 Å². The van der Waals surface area contributed by atoms with Crippen molar-refractivity contribution in [1.29, 1.82) is 0 Å². The molecule has 3 heteroatoms. The highest BCUT2D eigenvalue weighted by Gasteiger charge is 2.15. The highest BCUT2D eigenvalue weighted by molar-refractivity contribution is 9.11. The van der Waals surface area contributed by atoms with Crippen LogP contribution in [0.1, 0.15) is 37.4 Å². The number of benzene rings is 1. The second-order valence-corrected chi connectivity index (χ2v) is 6.30. The second kappa shape index (κ2) is 6.18. The Balaban J connectivity index is 3.05. The number of rotatable bonds is 4. The zero-order valence-electron chi connectivity index (χ0n) is 10.3. The third kappa shape index (κ3) is 3.57. The van der Waals surface area contributed by atoms with Crippen LogP contribution in [-0.4, -0.2) is 7.05 Å². The second-order valence-electron chi connectivity index (χ2n) is 4.59. The Hall–Kier alpha value is 0.140. The lowest BCUT2D eigenvalue weighted by molar-refractivity contribution is 0.455. The van der Waals surface area contributed by atoms with Crippen molar-refractivity contribution in [3.8, 4) is 0 Å². The van der Waals surface area contributed by atoms with E-state index in [-0.39, 0.29) is 0 Å². The Labute approximate surface area is 115 Å². The lowest BCUT2D eigenvalue weighted by Crippen LogP contribution is -2.18. The van der Waals surface area contributed by atoms with Crippen LogP contribution < -0.4 is 5.32 Å². The highest BCUT2D eigenvalue weighted by Crippen LogP contribution is 2.32. The minimum Gasteiger partial charge on any atom is -0.313 e. The van der Waals surface area contributed by atoms with Crippen molar-refractivity contribution in [3.05, 3.63) is 32.2 Å². The molecule has 0 saturated carbocycles. The molecular weight excluding hydrogens is 330 g/mol. The van der Waals surface area contributed by atoms with Gasteiger partial charge in [-0.05, 0) is 49.6 Å². The SMILES string of the molecule is CNC(CC(C)C)c1cc(Br)c(C)cc1Br. The molecule has 1 aromatic carbocycles. The van der Waals surface area contributed by atoms with Crippen LogP contribution in [0.15, 0.2) is 21.1 Å². The van der Waals surface area contributed by atoms with Crippen molar-refractivity contribution in [2.75, 3.05) is 7.05 Å². The van der Waals surface area contributed by atoms with Gasteiger partial charge >= 0.3 is 0 Å². The quantitative estimate of drug-likeness (QED) is 0.821. The first-order chi connectivity index (χ1) is 7.45. The van der Waals surface area contributed by atoms with Crippen LogP contribution in [-0.2, 0) is 0 Å². The average Bonchev–Trinajstić information content (AvgIpc) is 2.20. The van der Waals surface area contributed by atoms with Gasteiger partial charge in [0.05, 0.1) is 0 Å². The lowest BCUT2D eigenvalue weighted by atomic mass is 9.96. The summed E-state index contributed by atoms with van der Waals surface area (Å²) in [6, 6.07) is 4.79. The fourth-order valence-corrected chi connectivity index (χ4v) is 2.90. The van der Waals surface area contributed by atoms with Crippen LogP contribution in [0.25, 0.3) is 0 Å². The van der Waals surface area contributed by atoms with Crippen LogP contribution in [0.3, 0.4) is 0 Å². The van der Waals surface area contributed by atoms with Crippen molar-refractivity contribution >= 4 is 31.9 Å². The van der Waals surface area contributed by atoms with Crippen molar-refractivity contribution in [2.45, 2.75) is 33.2 Å². The van der Waals surface area contributed by atoms with E-state index in [9.17, 15) is 0 Å². The molecule has 1 atom stereocenters. The summed E-state index contributed by atoms with van der Waals surface area (Å²) >= 11 is 7.25. The number of halogens is 2. The average molecular weight is 349 g/mol. The first kappa shape index (κ1) is 14.2. The molecule has 1 aromatic rings. The lowest BCUT2D eigenvalue weighted by Gasteiger charge is -2.21. The molecule has 0 aromatic heterocycles. The van der Waals surface area contributed by atoms with E-state index in [2.05, 4.69) is 70.1 Å². The monoisotopic (exact) mass is 347 g/mol. The number of nitrogens with one attached hydrogen (secondary N) is 1. The van der Waals surface area contributed by atoms with Gasteiger partial charge in [-0.25, -0.2) is 0 Å². The molecule has 0 spiro atoms. The Morgan fingerprint density at radius 1 is 1.19 bits per heavy atom. The molecule has 0 radical (unpaired) electrons. The van der Waals surface area contributed by atoms with Gasteiger partial charge in [-0.3, -0.25) is 0 Å². The van der Waals surface area contributed by atoms with E-state index in [4.69, 9.17) is 0 Å². The minimum atomic E-state index is 0.409. The molecule has 1 rings (SSSR count). The normalized spacial score (nSPS) is 13.2. The summed E-state index contributed by atoms with van der Waals surface area (Å²) in [5.41, 5.74) is 2.59. The standard InChI is InChI=1S/C13H19Br2N/c1-8(2)5-13(16-4)10-7-11(14)9(3)6-12(10)15/h6-8,13,16H,5H2,1-4H3. The largest absolute Gasteiger partial charge is 0.313 e. The molecule has 1 unspecified atom stereocenters. The van der Waals surface area contributed by atoms with Crippen molar-refractivity contribution < 1.29 is 0 Å². The maximum Gasteiger partial charge on any atom is 0.0331 e. The van der Waals surface area contributed by atoms with E-state index in [0.29, 0.717) is 12.0 Å². The molecule has 1 N–H and O–H groups in total. The molecule has 0 amide bonds. The van der Waals surface area contributed by atoms with E-state index >= 15 is 0 Å². The first-order valence-electron chi connectivity index (χ1n) is 5.58. The molecule has 16 heavy (non-hydrogen) atoms. The van der Waals surface area contributed by atoms with E-state index in [0.717, 1.165) is 6.42 Å². The predicted octanol–water partition coefficient (Wildman–Crippen LogP) is 4.83. The summed E-state index contributed by atoms with van der Waals surface area (Å²) in [5, 5.41) is 3.39. The third-order valence-electron chi connectivity index (χ3n) is 2.71. The summed E-state index contributed by atoms with van der Waals surface area (Å²) in [6.07, 6.45) is 1.14. The summed E-state index contributed by atoms with van der Waals surface area (Å²) in [4.78, 5) is 0. The number of hydrogen-bond donors (Lipinski definition) is 1. The van der Waals surface area contributed by atoms with Gasteiger partial charge in [0, 0.05) is 15.0 Å². The fourth-order valence-electron chi connectivity index (χ4n) is 1.80. The summed E-state index contributed by atoms with van der Waals surface area (Å²) in [7, 11) is 2.02. The van der Waals surface area contributed by atoms with E-state index < -0.39 is 0 Å². The maximum atomic E-state index is 3.65. The molecule has 0 fully saturated rings. The molecule has 0 aliphatic rings. The number of aryl methyl sites for hydroxylation is 1. The molecule has 1 nitrogen and oxygen atoms in total. The molecule has 0 heterocycles. The summed E-state index contributed by atoms with van der Waals surface area (Å²) in [5.74, 6) is 0.685. The van der Waals surface area contributed by atoms with E-state index in [1.165, 1.54) is 20.1 Å². The molecule has 90 valence electrons. The van der Waals surface area contributed by atoms with Crippen LogP contribution >= 0.6 is 31.9 Å². The van der Waals surface area contributed by atoms with Crippen LogP contribution in [0.5, 0.6) is 0 Å². The van der Waals surface area contributed by atoms with Crippen molar-refractivity contribution in [3.63, 3.8) is 0 Å². The highest BCUT2D eigenvalue weighted by atomic mass is 79.9. The third-order valence-corrected chi connectivity index (χ3v) is 4.25. The summed E-state index contributed by atoms with van der Waals surface area (Å²) in [6.45, 7) is 6.61. The molecule has 0 aliphatic carbocycles. The van der Waals surface area contributed by atoms with Crippen LogP contribution in [0.4, 0.5) is 0 Å².